The van der Waals surface area contributed by atoms with Gasteiger partial charge in [0.1, 0.15) is 0 Å². The van der Waals surface area contributed by atoms with E-state index in [1.54, 1.807) is 6.20 Å². The molecule has 0 aliphatic heterocycles. The van der Waals surface area contributed by atoms with Gasteiger partial charge in [0.25, 0.3) is 0 Å². The number of nitrogens with zero attached hydrogens (tertiary/aromatic N) is 1. The molecule has 1 N–H and O–H groups in total. The van der Waals surface area contributed by atoms with E-state index in [2.05, 4.69) is 29.4 Å². The molecule has 0 saturated carbocycles. The van der Waals surface area contributed by atoms with Crippen molar-refractivity contribution in [3.8, 4) is 0 Å². The first-order valence-electron chi connectivity index (χ1n) is 7.89. The third-order valence-corrected chi connectivity index (χ3v) is 4.94. The first kappa shape index (κ1) is 16.5. The second-order valence-electron chi connectivity index (χ2n) is 5.94. The van der Waals surface area contributed by atoms with Gasteiger partial charge in [-0.25, -0.2) is 0 Å². The zero-order valence-corrected chi connectivity index (χ0v) is 14.9. The normalized spacial score (nSPS) is 10.8. The van der Waals surface area contributed by atoms with Crippen LogP contribution in [0.15, 0.2) is 53.6 Å². The molecule has 1 amide bonds. The Balaban J connectivity index is 1.72. The molecule has 0 aliphatic carbocycles. The van der Waals surface area contributed by atoms with Crippen molar-refractivity contribution in [3.05, 3.63) is 65.4 Å². The van der Waals surface area contributed by atoms with Gasteiger partial charge in [-0.1, -0.05) is 35.9 Å². The molecule has 1 aromatic heterocycles. The van der Waals surface area contributed by atoms with Crippen LogP contribution in [0.5, 0.6) is 0 Å². The highest BCUT2D eigenvalue weighted by molar-refractivity contribution is 8.00. The van der Waals surface area contributed by atoms with Crippen LogP contribution in [-0.4, -0.2) is 16.6 Å². The van der Waals surface area contributed by atoms with Gasteiger partial charge in [-0.2, -0.15) is 0 Å². The molecule has 3 nitrogen and oxygen atoms in total. The molecule has 0 atom stereocenters. The molecule has 0 fully saturated rings. The van der Waals surface area contributed by atoms with Crippen LogP contribution in [0.1, 0.15) is 16.7 Å². The maximum Gasteiger partial charge on any atom is 0.234 e. The number of carbonyl (C=O) groups is 1. The van der Waals surface area contributed by atoms with E-state index in [1.165, 1.54) is 17.3 Å². The number of fused-ring (bicyclic) bond motifs is 1. The fraction of sp³-hybridized carbons (Fsp3) is 0.200. The van der Waals surface area contributed by atoms with Crippen LogP contribution in [0.25, 0.3) is 10.9 Å². The monoisotopic (exact) mass is 336 g/mol. The number of hydrogen-bond acceptors (Lipinski definition) is 3. The molecule has 4 heteroatoms. The van der Waals surface area contributed by atoms with Crippen LogP contribution in [-0.2, 0) is 4.79 Å². The highest BCUT2D eigenvalue weighted by Crippen LogP contribution is 2.27. The van der Waals surface area contributed by atoms with E-state index in [4.69, 9.17) is 0 Å². The highest BCUT2D eigenvalue weighted by Gasteiger charge is 2.10. The van der Waals surface area contributed by atoms with Gasteiger partial charge < -0.3 is 5.32 Å². The Kier molecular flexibility index (Phi) is 4.86. The zero-order chi connectivity index (χ0) is 17.1. The standard InChI is InChI=1S/C20H20N2OS/c1-13-10-14(2)19(15(3)11-13)22-18(23)12-24-17-8-4-6-16-7-5-9-21-20(16)17/h4-11H,12H2,1-3H3,(H,22,23). The Morgan fingerprint density at radius 3 is 2.54 bits per heavy atom. The average Bonchev–Trinajstić information content (AvgIpc) is 2.56. The Hall–Kier alpha value is -2.33. The predicted molar refractivity (Wildman–Crippen MR) is 102 cm³/mol. The highest BCUT2D eigenvalue weighted by atomic mass is 32.2. The number of benzene rings is 2. The number of thioether (sulfide) groups is 1. The maximum absolute atomic E-state index is 12.4. The number of carbonyl (C=O) groups excluding carboxylic acids is 1. The number of nitrogens with one attached hydrogen (secondary N) is 1. The summed E-state index contributed by atoms with van der Waals surface area (Å²) < 4.78 is 0. The van der Waals surface area contributed by atoms with E-state index >= 15 is 0 Å². The molecule has 0 saturated heterocycles. The molecule has 1 heterocycles. The van der Waals surface area contributed by atoms with Gasteiger partial charge in [0, 0.05) is 22.2 Å². The number of rotatable bonds is 4. The quantitative estimate of drug-likeness (QED) is 0.690. The molecular weight excluding hydrogens is 316 g/mol. The van der Waals surface area contributed by atoms with Gasteiger partial charge in [-0.15, -0.1) is 11.8 Å². The molecule has 0 aliphatic rings. The summed E-state index contributed by atoms with van der Waals surface area (Å²) in [7, 11) is 0. The van der Waals surface area contributed by atoms with Gasteiger partial charge >= 0.3 is 0 Å². The lowest BCUT2D eigenvalue weighted by atomic mass is 10.1. The Labute approximate surface area is 146 Å². The van der Waals surface area contributed by atoms with Crippen molar-refractivity contribution in [3.63, 3.8) is 0 Å². The number of hydrogen-bond donors (Lipinski definition) is 1. The van der Waals surface area contributed by atoms with Crippen LogP contribution < -0.4 is 5.32 Å². The second-order valence-corrected chi connectivity index (χ2v) is 6.96. The van der Waals surface area contributed by atoms with Crippen molar-refractivity contribution in [2.24, 2.45) is 0 Å². The lowest BCUT2D eigenvalue weighted by molar-refractivity contribution is -0.113. The summed E-state index contributed by atoms with van der Waals surface area (Å²) in [6.07, 6.45) is 1.78. The fourth-order valence-electron chi connectivity index (χ4n) is 2.89. The summed E-state index contributed by atoms with van der Waals surface area (Å²) >= 11 is 1.52. The summed E-state index contributed by atoms with van der Waals surface area (Å²) in [6, 6.07) is 14.2. The van der Waals surface area contributed by atoms with Gasteiger partial charge in [0.2, 0.25) is 5.91 Å². The first-order valence-corrected chi connectivity index (χ1v) is 8.87. The van der Waals surface area contributed by atoms with E-state index in [0.717, 1.165) is 32.6 Å². The molecular formula is C20H20N2OS. The van der Waals surface area contributed by atoms with Crippen LogP contribution >= 0.6 is 11.8 Å². The third kappa shape index (κ3) is 3.60. The van der Waals surface area contributed by atoms with Crippen molar-refractivity contribution in [1.82, 2.24) is 4.98 Å². The molecule has 122 valence electrons. The van der Waals surface area contributed by atoms with Gasteiger partial charge in [0.05, 0.1) is 11.3 Å². The Bertz CT molecular complexity index is 877. The summed E-state index contributed by atoms with van der Waals surface area (Å²) in [5.41, 5.74) is 5.26. The van der Waals surface area contributed by atoms with E-state index in [9.17, 15) is 4.79 Å². The lowest BCUT2D eigenvalue weighted by Gasteiger charge is -2.13. The zero-order valence-electron chi connectivity index (χ0n) is 14.1. The van der Waals surface area contributed by atoms with Gasteiger partial charge in [-0.3, -0.25) is 9.78 Å². The molecule has 24 heavy (non-hydrogen) atoms. The lowest BCUT2D eigenvalue weighted by Crippen LogP contribution is -2.16. The topological polar surface area (TPSA) is 42.0 Å². The molecule has 3 rings (SSSR count). The minimum Gasteiger partial charge on any atom is -0.325 e. The predicted octanol–water partition coefficient (Wildman–Crippen LogP) is 4.89. The molecule has 3 aromatic rings. The van der Waals surface area contributed by atoms with Crippen molar-refractivity contribution in [2.45, 2.75) is 25.7 Å². The number of amides is 1. The largest absolute Gasteiger partial charge is 0.325 e. The van der Waals surface area contributed by atoms with Gasteiger partial charge in [-0.05, 0) is 44.0 Å². The second kappa shape index (κ2) is 7.05. The minimum atomic E-state index is 0.00277. The van der Waals surface area contributed by atoms with Crippen LogP contribution in [0.4, 0.5) is 5.69 Å². The van der Waals surface area contributed by atoms with Crippen molar-refractivity contribution in [1.29, 1.82) is 0 Å². The van der Waals surface area contributed by atoms with Crippen molar-refractivity contribution < 1.29 is 4.79 Å². The van der Waals surface area contributed by atoms with Crippen molar-refractivity contribution in [2.75, 3.05) is 11.1 Å². The van der Waals surface area contributed by atoms with Crippen LogP contribution in [0, 0.1) is 20.8 Å². The molecule has 0 bridgehead atoms. The summed E-state index contributed by atoms with van der Waals surface area (Å²) in [4.78, 5) is 17.8. The fourth-order valence-corrected chi connectivity index (χ4v) is 3.73. The average molecular weight is 336 g/mol. The number of anilines is 1. The molecule has 0 spiro atoms. The summed E-state index contributed by atoms with van der Waals surface area (Å²) in [5.74, 6) is 0.366. The summed E-state index contributed by atoms with van der Waals surface area (Å²) in [5, 5.41) is 4.13. The van der Waals surface area contributed by atoms with Crippen LogP contribution in [0.3, 0.4) is 0 Å². The van der Waals surface area contributed by atoms with Gasteiger partial charge in [0.15, 0.2) is 0 Å². The number of aromatic nitrogens is 1. The van der Waals surface area contributed by atoms with E-state index < -0.39 is 0 Å². The smallest absolute Gasteiger partial charge is 0.234 e. The number of aryl methyl sites for hydroxylation is 3. The first-order chi connectivity index (χ1) is 11.5. The van der Waals surface area contributed by atoms with E-state index in [1.807, 2.05) is 44.2 Å². The van der Waals surface area contributed by atoms with Crippen LogP contribution in [0.2, 0.25) is 0 Å². The number of pyridine rings is 1. The third-order valence-electron chi connectivity index (χ3n) is 3.90. The SMILES string of the molecule is Cc1cc(C)c(NC(=O)CSc2cccc3cccnc23)c(C)c1. The van der Waals surface area contributed by atoms with E-state index in [0.29, 0.717) is 5.75 Å². The Morgan fingerprint density at radius 2 is 1.79 bits per heavy atom. The molecule has 0 radical (unpaired) electrons. The Morgan fingerprint density at radius 1 is 1.08 bits per heavy atom. The minimum absolute atomic E-state index is 0.00277. The number of para-hydroxylation sites is 1. The van der Waals surface area contributed by atoms with E-state index in [-0.39, 0.29) is 5.91 Å². The summed E-state index contributed by atoms with van der Waals surface area (Å²) in [6.45, 7) is 6.11. The molecule has 0 unspecified atom stereocenters. The maximum atomic E-state index is 12.4. The van der Waals surface area contributed by atoms with Crippen molar-refractivity contribution >= 4 is 34.3 Å². The molecule has 2 aromatic carbocycles.